The van der Waals surface area contributed by atoms with Gasteiger partial charge in [0, 0.05) is 32.4 Å². The number of nitrogens with zero attached hydrogens (tertiary/aromatic N) is 2. The molecular weight excluding hydrogens is 254 g/mol. The van der Waals surface area contributed by atoms with Crippen LogP contribution in [-0.4, -0.2) is 49.1 Å². The second-order valence-corrected chi connectivity index (χ2v) is 5.37. The van der Waals surface area contributed by atoms with E-state index in [0.717, 1.165) is 13.0 Å². The lowest BCUT2D eigenvalue weighted by atomic mass is 10.0. The van der Waals surface area contributed by atoms with Crippen molar-refractivity contribution in [3.63, 3.8) is 0 Å². The van der Waals surface area contributed by atoms with Gasteiger partial charge in [-0.15, -0.1) is 0 Å². The van der Waals surface area contributed by atoms with E-state index in [1.54, 1.807) is 32.4 Å². The van der Waals surface area contributed by atoms with Crippen molar-refractivity contribution >= 4 is 5.91 Å². The number of hydrogen-bond donors (Lipinski definition) is 1. The highest BCUT2D eigenvalue weighted by atomic mass is 16.5. The molecule has 1 fully saturated rings. The van der Waals surface area contributed by atoms with Gasteiger partial charge in [-0.3, -0.25) is 4.79 Å². The molecule has 1 aliphatic rings. The molecule has 0 radical (unpaired) electrons. The Hall–Kier alpha value is -1.62. The summed E-state index contributed by atoms with van der Waals surface area (Å²) in [6.45, 7) is 1.77. The summed E-state index contributed by atoms with van der Waals surface area (Å²) < 4.78 is 5.63. The van der Waals surface area contributed by atoms with Crippen LogP contribution in [0.3, 0.4) is 0 Å². The second-order valence-electron chi connectivity index (χ2n) is 5.37. The van der Waals surface area contributed by atoms with Gasteiger partial charge < -0.3 is 15.0 Å². The standard InChI is InChI=1S/C15H23N3O2/c1-18(2)15(19)12-6-7-14(17-11-12)20-10-8-13-5-3-4-9-16-13/h6-7,11,13,16H,3-5,8-10H2,1-2H3. The molecule has 0 aliphatic carbocycles. The summed E-state index contributed by atoms with van der Waals surface area (Å²) >= 11 is 0. The maximum atomic E-state index is 11.7. The van der Waals surface area contributed by atoms with Crippen molar-refractivity contribution < 1.29 is 9.53 Å². The molecule has 0 saturated carbocycles. The molecule has 1 aromatic rings. The van der Waals surface area contributed by atoms with Crippen molar-refractivity contribution in [2.24, 2.45) is 0 Å². The van der Waals surface area contributed by atoms with E-state index < -0.39 is 0 Å². The Balaban J connectivity index is 1.77. The van der Waals surface area contributed by atoms with Crippen LogP contribution < -0.4 is 10.1 Å². The first-order valence-corrected chi connectivity index (χ1v) is 7.20. The van der Waals surface area contributed by atoms with Crippen molar-refractivity contribution in [1.82, 2.24) is 15.2 Å². The molecule has 1 aliphatic heterocycles. The molecule has 1 aromatic heterocycles. The van der Waals surface area contributed by atoms with Gasteiger partial charge in [0.05, 0.1) is 12.2 Å². The van der Waals surface area contributed by atoms with Gasteiger partial charge in [0.15, 0.2) is 0 Å². The summed E-state index contributed by atoms with van der Waals surface area (Å²) in [5.74, 6) is 0.534. The summed E-state index contributed by atoms with van der Waals surface area (Å²) in [7, 11) is 3.45. The SMILES string of the molecule is CN(C)C(=O)c1ccc(OCCC2CCCCN2)nc1. The molecule has 1 N–H and O–H groups in total. The Kier molecular flexibility index (Phi) is 5.35. The average molecular weight is 277 g/mol. The van der Waals surface area contributed by atoms with Crippen LogP contribution >= 0.6 is 0 Å². The maximum absolute atomic E-state index is 11.7. The first kappa shape index (κ1) is 14.8. The predicted octanol–water partition coefficient (Wildman–Crippen LogP) is 1.69. The normalized spacial score (nSPS) is 18.6. The fraction of sp³-hybridized carbons (Fsp3) is 0.600. The highest BCUT2D eigenvalue weighted by Gasteiger charge is 2.12. The van der Waals surface area contributed by atoms with Gasteiger partial charge in [0.1, 0.15) is 0 Å². The van der Waals surface area contributed by atoms with E-state index in [0.29, 0.717) is 24.1 Å². The van der Waals surface area contributed by atoms with Gasteiger partial charge in [0.2, 0.25) is 5.88 Å². The van der Waals surface area contributed by atoms with Gasteiger partial charge in [-0.05, 0) is 31.9 Å². The lowest BCUT2D eigenvalue weighted by Gasteiger charge is -2.23. The number of rotatable bonds is 5. The van der Waals surface area contributed by atoms with Gasteiger partial charge >= 0.3 is 0 Å². The topological polar surface area (TPSA) is 54.5 Å². The van der Waals surface area contributed by atoms with Crippen molar-refractivity contribution in [3.8, 4) is 5.88 Å². The minimum absolute atomic E-state index is 0.0459. The number of aromatic nitrogens is 1. The highest BCUT2D eigenvalue weighted by Crippen LogP contribution is 2.12. The summed E-state index contributed by atoms with van der Waals surface area (Å²) in [4.78, 5) is 17.4. The van der Waals surface area contributed by atoms with Gasteiger partial charge in [-0.1, -0.05) is 6.42 Å². The zero-order valence-corrected chi connectivity index (χ0v) is 12.3. The Morgan fingerprint density at radius 1 is 1.45 bits per heavy atom. The number of carbonyl (C=O) groups excluding carboxylic acids is 1. The third-order valence-corrected chi connectivity index (χ3v) is 3.52. The van der Waals surface area contributed by atoms with E-state index >= 15 is 0 Å². The van der Waals surface area contributed by atoms with Crippen LogP contribution in [0.25, 0.3) is 0 Å². The van der Waals surface area contributed by atoms with Gasteiger partial charge in [-0.25, -0.2) is 4.98 Å². The lowest BCUT2D eigenvalue weighted by Crippen LogP contribution is -2.35. The van der Waals surface area contributed by atoms with E-state index in [-0.39, 0.29) is 5.91 Å². The smallest absolute Gasteiger partial charge is 0.254 e. The zero-order chi connectivity index (χ0) is 14.4. The Labute approximate surface area is 120 Å². The molecule has 110 valence electrons. The summed E-state index contributed by atoms with van der Waals surface area (Å²) in [5, 5.41) is 3.49. The Bertz CT molecular complexity index is 425. The summed E-state index contributed by atoms with van der Waals surface area (Å²) in [5.41, 5.74) is 0.580. The number of pyridine rings is 1. The third kappa shape index (κ3) is 4.20. The molecule has 1 amide bonds. The van der Waals surface area contributed by atoms with Crippen molar-refractivity contribution in [2.75, 3.05) is 27.2 Å². The molecule has 20 heavy (non-hydrogen) atoms. The summed E-state index contributed by atoms with van der Waals surface area (Å²) in [6, 6.07) is 4.08. The van der Waals surface area contributed by atoms with Crippen LogP contribution in [0, 0.1) is 0 Å². The minimum atomic E-state index is -0.0459. The highest BCUT2D eigenvalue weighted by molar-refractivity contribution is 5.93. The van der Waals surface area contributed by atoms with E-state index in [4.69, 9.17) is 4.74 Å². The third-order valence-electron chi connectivity index (χ3n) is 3.52. The number of hydrogen-bond acceptors (Lipinski definition) is 4. The molecular formula is C15H23N3O2. The first-order valence-electron chi connectivity index (χ1n) is 7.20. The molecule has 0 bridgehead atoms. The first-order chi connectivity index (χ1) is 9.66. The summed E-state index contributed by atoms with van der Waals surface area (Å²) in [6.07, 6.45) is 6.38. The Morgan fingerprint density at radius 3 is 2.90 bits per heavy atom. The second kappa shape index (κ2) is 7.24. The van der Waals surface area contributed by atoms with Crippen LogP contribution in [0.15, 0.2) is 18.3 Å². The molecule has 1 atom stereocenters. The van der Waals surface area contributed by atoms with Crippen LogP contribution in [-0.2, 0) is 0 Å². The van der Waals surface area contributed by atoms with Crippen LogP contribution in [0.1, 0.15) is 36.0 Å². The molecule has 0 spiro atoms. The van der Waals surface area contributed by atoms with Crippen molar-refractivity contribution in [3.05, 3.63) is 23.9 Å². The minimum Gasteiger partial charge on any atom is -0.478 e. The lowest BCUT2D eigenvalue weighted by molar-refractivity contribution is 0.0827. The number of carbonyl (C=O) groups is 1. The average Bonchev–Trinajstić information content (AvgIpc) is 2.48. The molecule has 2 heterocycles. The van der Waals surface area contributed by atoms with Crippen LogP contribution in [0.5, 0.6) is 5.88 Å². The number of amides is 1. The number of nitrogens with one attached hydrogen (secondary N) is 1. The zero-order valence-electron chi connectivity index (χ0n) is 12.3. The molecule has 2 rings (SSSR count). The van der Waals surface area contributed by atoms with E-state index in [9.17, 15) is 4.79 Å². The quantitative estimate of drug-likeness (QED) is 0.890. The molecule has 5 heteroatoms. The predicted molar refractivity (Wildman–Crippen MR) is 78.0 cm³/mol. The van der Waals surface area contributed by atoms with Crippen LogP contribution in [0.4, 0.5) is 0 Å². The van der Waals surface area contributed by atoms with Gasteiger partial charge in [0.25, 0.3) is 5.91 Å². The van der Waals surface area contributed by atoms with E-state index in [1.807, 2.05) is 0 Å². The van der Waals surface area contributed by atoms with Crippen LogP contribution in [0.2, 0.25) is 0 Å². The van der Waals surface area contributed by atoms with Crippen molar-refractivity contribution in [1.29, 1.82) is 0 Å². The number of ether oxygens (including phenoxy) is 1. The molecule has 1 saturated heterocycles. The van der Waals surface area contributed by atoms with Crippen molar-refractivity contribution in [2.45, 2.75) is 31.7 Å². The largest absolute Gasteiger partial charge is 0.478 e. The number of piperidine rings is 1. The van der Waals surface area contributed by atoms with E-state index in [1.165, 1.54) is 24.2 Å². The molecule has 0 aromatic carbocycles. The van der Waals surface area contributed by atoms with Gasteiger partial charge in [-0.2, -0.15) is 0 Å². The Morgan fingerprint density at radius 2 is 2.30 bits per heavy atom. The maximum Gasteiger partial charge on any atom is 0.254 e. The molecule has 1 unspecified atom stereocenters. The fourth-order valence-electron chi connectivity index (χ4n) is 2.33. The molecule has 5 nitrogen and oxygen atoms in total. The fourth-order valence-corrected chi connectivity index (χ4v) is 2.33. The van der Waals surface area contributed by atoms with E-state index in [2.05, 4.69) is 10.3 Å². The monoisotopic (exact) mass is 277 g/mol.